The Labute approximate surface area is 175 Å². The van der Waals surface area contributed by atoms with E-state index in [1.807, 2.05) is 13.0 Å². The summed E-state index contributed by atoms with van der Waals surface area (Å²) in [6.07, 6.45) is 0. The van der Waals surface area contributed by atoms with E-state index in [9.17, 15) is 0 Å². The molecule has 3 aromatic heterocycles. The van der Waals surface area contributed by atoms with Gasteiger partial charge in [-0.1, -0.05) is 5.16 Å². The third kappa shape index (κ3) is 2.92. The summed E-state index contributed by atoms with van der Waals surface area (Å²) in [6, 6.07) is 5.53. The Hall–Kier alpha value is -3.37. The number of nitrogen functional groups attached to an aromatic ring is 1. The van der Waals surface area contributed by atoms with Crippen molar-refractivity contribution >= 4 is 27.2 Å². The lowest BCUT2D eigenvalue weighted by Gasteiger charge is -2.05. The Kier molecular flexibility index (Phi) is 4.44. The van der Waals surface area contributed by atoms with Crippen molar-refractivity contribution in [3.05, 3.63) is 29.5 Å². The highest BCUT2D eigenvalue weighted by Gasteiger charge is 2.24. The summed E-state index contributed by atoms with van der Waals surface area (Å²) in [5.74, 6) is 2.38. The number of aromatic nitrogens is 3. The summed E-state index contributed by atoms with van der Waals surface area (Å²) in [4.78, 5) is 10.6. The van der Waals surface area contributed by atoms with Crippen molar-refractivity contribution in [1.29, 1.82) is 0 Å². The summed E-state index contributed by atoms with van der Waals surface area (Å²) in [5.41, 5.74) is 9.54. The predicted octanol–water partition coefficient (Wildman–Crippen LogP) is 3.79. The Balaban J connectivity index is 1.59. The second-order valence-corrected chi connectivity index (χ2v) is 7.72. The summed E-state index contributed by atoms with van der Waals surface area (Å²) >= 11 is 1.41. The molecule has 4 heterocycles. The minimum absolute atomic E-state index is 0.140. The number of hydrogen-bond donors (Lipinski definition) is 1. The number of hydrogen-bond acceptors (Lipinski definition) is 10. The Morgan fingerprint density at radius 3 is 2.83 bits per heavy atom. The van der Waals surface area contributed by atoms with Crippen molar-refractivity contribution in [1.82, 2.24) is 15.1 Å². The van der Waals surface area contributed by atoms with Crippen molar-refractivity contribution in [2.45, 2.75) is 13.5 Å². The quantitative estimate of drug-likeness (QED) is 0.509. The average molecular weight is 426 g/mol. The minimum Gasteiger partial charge on any atom is -0.493 e. The fraction of sp³-hybridized carbons (Fsp3) is 0.250. The van der Waals surface area contributed by atoms with Crippen LogP contribution < -0.4 is 19.9 Å². The molecule has 0 amide bonds. The molecule has 1 aliphatic rings. The lowest BCUT2D eigenvalue weighted by atomic mass is 10.1. The first-order valence-electron chi connectivity index (χ1n) is 9.08. The van der Waals surface area contributed by atoms with E-state index in [4.69, 9.17) is 29.2 Å². The van der Waals surface area contributed by atoms with E-state index in [-0.39, 0.29) is 6.79 Å². The molecule has 0 atom stereocenters. The molecule has 0 spiro atoms. The average Bonchev–Trinajstić information content (AvgIpc) is 3.45. The number of rotatable bonds is 5. The predicted molar refractivity (Wildman–Crippen MR) is 111 cm³/mol. The number of nitrogens with two attached hydrogens (primary N) is 1. The van der Waals surface area contributed by atoms with Gasteiger partial charge in [0.05, 0.1) is 19.4 Å². The van der Waals surface area contributed by atoms with Crippen molar-refractivity contribution in [2.24, 2.45) is 0 Å². The largest absolute Gasteiger partial charge is 0.493 e. The Morgan fingerprint density at radius 2 is 2.03 bits per heavy atom. The SMILES string of the molecule is COCc1cc(C)nc2sc(-c3nc(-c4cc(OC)c5c(c4)OCO5)no3)c(N)c12. The zero-order chi connectivity index (χ0) is 20.8. The molecule has 0 radical (unpaired) electrons. The second-order valence-electron chi connectivity index (χ2n) is 6.72. The van der Waals surface area contributed by atoms with E-state index < -0.39 is 0 Å². The van der Waals surface area contributed by atoms with E-state index in [0.29, 0.717) is 51.7 Å². The van der Waals surface area contributed by atoms with Crippen LogP contribution >= 0.6 is 11.3 Å². The number of pyridine rings is 1. The van der Waals surface area contributed by atoms with Crippen LogP contribution in [0.3, 0.4) is 0 Å². The molecule has 1 aliphatic heterocycles. The van der Waals surface area contributed by atoms with Crippen LogP contribution in [0.2, 0.25) is 0 Å². The molecule has 0 saturated carbocycles. The standard InChI is InChI=1S/C20H18N4O5S/c1-9-4-11(7-25-2)14-15(21)17(30-20(14)22-9)19-23-18(24-29-19)10-5-12(26-3)16-13(6-10)27-8-28-16/h4-6H,7-8,21H2,1-3H3. The molecule has 1 aromatic carbocycles. The van der Waals surface area contributed by atoms with Gasteiger partial charge in [0, 0.05) is 23.8 Å². The molecule has 5 rings (SSSR count). The molecule has 0 aliphatic carbocycles. The van der Waals surface area contributed by atoms with Crippen LogP contribution in [0.5, 0.6) is 17.2 Å². The molecule has 4 aromatic rings. The maximum Gasteiger partial charge on any atom is 0.270 e. The highest BCUT2D eigenvalue weighted by atomic mass is 32.1. The maximum atomic E-state index is 6.45. The minimum atomic E-state index is 0.140. The van der Waals surface area contributed by atoms with Crippen molar-refractivity contribution in [2.75, 3.05) is 26.7 Å². The van der Waals surface area contributed by atoms with E-state index in [1.54, 1.807) is 26.4 Å². The molecule has 2 N–H and O–H groups in total. The summed E-state index contributed by atoms with van der Waals surface area (Å²) in [6.45, 7) is 2.51. The number of thiophene rings is 1. The molecule has 0 saturated heterocycles. The van der Waals surface area contributed by atoms with Crippen LogP contribution in [-0.4, -0.2) is 36.1 Å². The fourth-order valence-corrected chi connectivity index (χ4v) is 4.57. The first-order valence-corrected chi connectivity index (χ1v) is 9.90. The molecule has 154 valence electrons. The van der Waals surface area contributed by atoms with E-state index in [0.717, 1.165) is 21.5 Å². The first kappa shape index (κ1) is 18.6. The molecule has 30 heavy (non-hydrogen) atoms. The van der Waals surface area contributed by atoms with Gasteiger partial charge >= 0.3 is 0 Å². The van der Waals surface area contributed by atoms with Gasteiger partial charge < -0.3 is 29.2 Å². The normalized spacial score (nSPS) is 12.6. The zero-order valence-electron chi connectivity index (χ0n) is 16.5. The monoisotopic (exact) mass is 426 g/mol. The molecular weight excluding hydrogens is 408 g/mol. The Bertz CT molecular complexity index is 1270. The van der Waals surface area contributed by atoms with Crippen LogP contribution in [0.25, 0.3) is 32.4 Å². The van der Waals surface area contributed by atoms with Crippen LogP contribution in [0.4, 0.5) is 5.69 Å². The highest BCUT2D eigenvalue weighted by Crippen LogP contribution is 2.45. The van der Waals surface area contributed by atoms with Gasteiger partial charge in [0.15, 0.2) is 11.5 Å². The molecule has 10 heteroatoms. The van der Waals surface area contributed by atoms with Gasteiger partial charge in [-0.3, -0.25) is 0 Å². The number of methoxy groups -OCH3 is 2. The number of ether oxygens (including phenoxy) is 4. The molecule has 0 bridgehead atoms. The topological polar surface area (TPSA) is 115 Å². The van der Waals surface area contributed by atoms with Crippen molar-refractivity contribution < 1.29 is 23.5 Å². The van der Waals surface area contributed by atoms with Crippen molar-refractivity contribution in [3.8, 4) is 39.4 Å². The van der Waals surface area contributed by atoms with Crippen LogP contribution in [-0.2, 0) is 11.3 Å². The van der Waals surface area contributed by atoms with Gasteiger partial charge in [-0.05, 0) is 30.7 Å². The van der Waals surface area contributed by atoms with E-state index in [2.05, 4.69) is 15.1 Å². The third-order valence-corrected chi connectivity index (χ3v) is 5.83. The van der Waals surface area contributed by atoms with Crippen LogP contribution in [0.1, 0.15) is 11.3 Å². The second kappa shape index (κ2) is 7.15. The first-order chi connectivity index (χ1) is 14.6. The van der Waals surface area contributed by atoms with Gasteiger partial charge in [0.2, 0.25) is 18.4 Å². The van der Waals surface area contributed by atoms with Crippen molar-refractivity contribution in [3.63, 3.8) is 0 Å². The van der Waals surface area contributed by atoms with E-state index >= 15 is 0 Å². The smallest absolute Gasteiger partial charge is 0.270 e. The maximum absolute atomic E-state index is 6.45. The Morgan fingerprint density at radius 1 is 1.17 bits per heavy atom. The number of fused-ring (bicyclic) bond motifs is 2. The third-order valence-electron chi connectivity index (χ3n) is 4.75. The van der Waals surface area contributed by atoms with Crippen LogP contribution in [0, 0.1) is 6.92 Å². The summed E-state index contributed by atoms with van der Waals surface area (Å²) in [7, 11) is 3.21. The van der Waals surface area contributed by atoms with Gasteiger partial charge in [-0.2, -0.15) is 4.98 Å². The lowest BCUT2D eigenvalue weighted by Crippen LogP contribution is -1.95. The molecular formula is C20H18N4O5S. The zero-order valence-corrected chi connectivity index (χ0v) is 17.3. The number of anilines is 1. The highest BCUT2D eigenvalue weighted by molar-refractivity contribution is 7.22. The molecule has 0 fully saturated rings. The lowest BCUT2D eigenvalue weighted by molar-refractivity contribution is 0.171. The number of nitrogens with zero attached hydrogens (tertiary/aromatic N) is 3. The molecule has 0 unspecified atom stereocenters. The van der Waals surface area contributed by atoms with Crippen LogP contribution in [0.15, 0.2) is 22.7 Å². The van der Waals surface area contributed by atoms with Gasteiger partial charge in [0.1, 0.15) is 9.71 Å². The fourth-order valence-electron chi connectivity index (χ4n) is 3.46. The summed E-state index contributed by atoms with van der Waals surface area (Å²) in [5, 5.41) is 4.97. The van der Waals surface area contributed by atoms with Gasteiger partial charge in [0.25, 0.3) is 5.89 Å². The number of aryl methyl sites for hydroxylation is 1. The molecule has 9 nitrogen and oxygen atoms in total. The van der Waals surface area contributed by atoms with Gasteiger partial charge in [-0.15, -0.1) is 11.3 Å². The van der Waals surface area contributed by atoms with Gasteiger partial charge in [-0.25, -0.2) is 4.98 Å². The number of benzene rings is 1. The summed E-state index contributed by atoms with van der Waals surface area (Å²) < 4.78 is 27.1. The van der Waals surface area contributed by atoms with E-state index in [1.165, 1.54) is 11.3 Å².